The zero-order valence-electron chi connectivity index (χ0n) is 16.7. The van der Waals surface area contributed by atoms with Crippen molar-refractivity contribution in [1.82, 2.24) is 19.9 Å². The smallest absolute Gasteiger partial charge is 0.174 e. The summed E-state index contributed by atoms with van der Waals surface area (Å²) in [5, 5.41) is 13.9. The summed E-state index contributed by atoms with van der Waals surface area (Å²) in [6.07, 6.45) is 5.67. The largest absolute Gasteiger partial charge is 0.508 e. The number of anilines is 1. The number of nitrogens with zero attached hydrogens (tertiary/aromatic N) is 4. The zero-order chi connectivity index (χ0) is 21.2. The van der Waals surface area contributed by atoms with Crippen LogP contribution in [0.1, 0.15) is 29.2 Å². The number of thiocarbonyl (C=S) groups is 1. The van der Waals surface area contributed by atoms with Gasteiger partial charge in [-0.1, -0.05) is 12.1 Å². The Labute approximate surface area is 185 Å². The van der Waals surface area contributed by atoms with Crippen molar-refractivity contribution >= 4 is 23.0 Å². The van der Waals surface area contributed by atoms with Gasteiger partial charge in [0.2, 0.25) is 0 Å². The molecule has 5 rings (SSSR count). The maximum absolute atomic E-state index is 9.77. The molecule has 3 aromatic heterocycles. The molecule has 1 saturated heterocycles. The molecule has 0 radical (unpaired) electrons. The summed E-state index contributed by atoms with van der Waals surface area (Å²) in [5.41, 5.74) is 3.91. The van der Waals surface area contributed by atoms with Crippen LogP contribution in [0.5, 0.6) is 5.75 Å². The summed E-state index contributed by atoms with van der Waals surface area (Å²) < 4.78 is 2.20. The monoisotopic (exact) mass is 427 g/mol. The molecule has 1 aliphatic heterocycles. The minimum Gasteiger partial charge on any atom is -0.508 e. The Balaban J connectivity index is 1.60. The summed E-state index contributed by atoms with van der Waals surface area (Å²) in [4.78, 5) is 11.2. The first-order valence-corrected chi connectivity index (χ1v) is 10.5. The van der Waals surface area contributed by atoms with Crippen molar-refractivity contribution in [2.24, 2.45) is 0 Å². The summed E-state index contributed by atoms with van der Waals surface area (Å²) in [7, 11) is 0. The van der Waals surface area contributed by atoms with Crippen molar-refractivity contribution in [1.29, 1.82) is 0 Å². The van der Waals surface area contributed by atoms with Crippen LogP contribution in [-0.2, 0) is 6.54 Å². The fourth-order valence-electron chi connectivity index (χ4n) is 4.05. The minimum absolute atomic E-state index is 0.120. The molecule has 1 fully saturated rings. The van der Waals surface area contributed by atoms with Crippen molar-refractivity contribution < 1.29 is 5.11 Å². The lowest BCUT2D eigenvalue weighted by Crippen LogP contribution is -2.30. The van der Waals surface area contributed by atoms with Gasteiger partial charge in [-0.25, -0.2) is 0 Å². The number of aromatic nitrogens is 3. The van der Waals surface area contributed by atoms with Crippen LogP contribution in [0.2, 0.25) is 0 Å². The third kappa shape index (κ3) is 3.75. The lowest BCUT2D eigenvalue weighted by Gasteiger charge is -2.29. The average Bonchev–Trinajstić information content (AvgIpc) is 3.39. The van der Waals surface area contributed by atoms with Crippen LogP contribution in [0.25, 0.3) is 0 Å². The van der Waals surface area contributed by atoms with E-state index < -0.39 is 0 Å². The van der Waals surface area contributed by atoms with Crippen LogP contribution >= 0.6 is 12.2 Å². The van der Waals surface area contributed by atoms with Crippen molar-refractivity contribution in [2.75, 3.05) is 4.90 Å². The SMILES string of the molecule is Oc1ccc(N2C(=S)N[C@H](c3ccccn3)[C@@H]2c2cccn2Cc2ccccn2)cc1. The molecule has 4 aromatic rings. The van der Waals surface area contributed by atoms with Crippen molar-refractivity contribution in [2.45, 2.75) is 18.6 Å². The number of phenols is 1. The Kier molecular flexibility index (Phi) is 5.09. The number of hydrogen-bond donors (Lipinski definition) is 2. The zero-order valence-corrected chi connectivity index (χ0v) is 17.5. The van der Waals surface area contributed by atoms with E-state index in [0.717, 1.165) is 22.8 Å². The molecule has 0 aliphatic carbocycles. The van der Waals surface area contributed by atoms with Gasteiger partial charge < -0.3 is 19.9 Å². The molecule has 0 saturated carbocycles. The van der Waals surface area contributed by atoms with E-state index in [0.29, 0.717) is 11.7 Å². The fraction of sp³-hybridized carbons (Fsp3) is 0.125. The van der Waals surface area contributed by atoms with Gasteiger partial charge in [0, 0.05) is 30.0 Å². The first kappa shape index (κ1) is 19.3. The molecule has 1 aromatic carbocycles. The van der Waals surface area contributed by atoms with Gasteiger partial charge in [-0.2, -0.15) is 0 Å². The lowest BCUT2D eigenvalue weighted by molar-refractivity contribution is 0.475. The Morgan fingerprint density at radius 1 is 0.903 bits per heavy atom. The van der Waals surface area contributed by atoms with Crippen molar-refractivity contribution in [3.8, 4) is 5.75 Å². The second-order valence-corrected chi connectivity index (χ2v) is 7.78. The van der Waals surface area contributed by atoms with Gasteiger partial charge in [-0.15, -0.1) is 0 Å². The molecule has 1 aliphatic rings. The normalized spacial score (nSPS) is 18.2. The van der Waals surface area contributed by atoms with Gasteiger partial charge in [0.15, 0.2) is 5.11 Å². The molecule has 154 valence electrons. The molecule has 2 N–H and O–H groups in total. The Hall–Kier alpha value is -3.71. The highest BCUT2D eigenvalue weighted by Gasteiger charge is 2.42. The summed E-state index contributed by atoms with van der Waals surface area (Å²) in [6.45, 7) is 0.658. The van der Waals surface area contributed by atoms with E-state index in [1.165, 1.54) is 0 Å². The van der Waals surface area contributed by atoms with Crippen LogP contribution in [0.4, 0.5) is 5.69 Å². The quantitative estimate of drug-likeness (QED) is 0.465. The number of phenolic OH excluding ortho intramolecular Hbond substituents is 1. The predicted molar refractivity (Wildman–Crippen MR) is 124 cm³/mol. The van der Waals surface area contributed by atoms with E-state index in [2.05, 4.69) is 37.0 Å². The van der Waals surface area contributed by atoms with E-state index in [1.54, 1.807) is 18.3 Å². The van der Waals surface area contributed by atoms with Crippen molar-refractivity contribution in [3.05, 3.63) is 108 Å². The molecule has 6 nitrogen and oxygen atoms in total. The molecule has 0 bridgehead atoms. The minimum atomic E-state index is -0.125. The Morgan fingerprint density at radius 2 is 1.68 bits per heavy atom. The number of pyridine rings is 2. The molecule has 0 unspecified atom stereocenters. The van der Waals surface area contributed by atoms with Gasteiger partial charge in [0.05, 0.1) is 24.0 Å². The van der Waals surface area contributed by atoms with Crippen molar-refractivity contribution in [3.63, 3.8) is 0 Å². The van der Waals surface area contributed by atoms with E-state index in [9.17, 15) is 5.11 Å². The first-order chi connectivity index (χ1) is 15.2. The van der Waals surface area contributed by atoms with Crippen LogP contribution in [0.3, 0.4) is 0 Å². The molecular weight excluding hydrogens is 406 g/mol. The van der Waals surface area contributed by atoms with E-state index in [1.807, 2.05) is 60.8 Å². The maximum Gasteiger partial charge on any atom is 0.174 e. The van der Waals surface area contributed by atoms with Gasteiger partial charge >= 0.3 is 0 Å². The van der Waals surface area contributed by atoms with E-state index in [4.69, 9.17) is 12.2 Å². The van der Waals surface area contributed by atoms with Crippen LogP contribution in [-0.4, -0.2) is 24.8 Å². The third-order valence-electron chi connectivity index (χ3n) is 5.45. The molecule has 7 heteroatoms. The highest BCUT2D eigenvalue weighted by atomic mass is 32.1. The molecular formula is C24H21N5OS. The second-order valence-electron chi connectivity index (χ2n) is 7.40. The second kappa shape index (κ2) is 8.20. The standard InChI is InChI=1S/C24H21N5OS/c30-19-11-9-18(10-12-19)29-23(22(27-24(29)31)20-7-2-4-14-26-20)21-8-5-15-28(21)16-17-6-1-3-13-25-17/h1-15,22-23,30H,16H2,(H,27,31)/t22-,23+/m1/s1. The number of nitrogens with one attached hydrogen (secondary N) is 1. The number of rotatable bonds is 5. The van der Waals surface area contributed by atoms with E-state index in [-0.39, 0.29) is 17.8 Å². The number of benzene rings is 1. The Bertz CT molecular complexity index is 1180. The number of hydrogen-bond acceptors (Lipinski definition) is 4. The maximum atomic E-state index is 9.77. The van der Waals surface area contributed by atoms with Gasteiger partial charge in [-0.3, -0.25) is 9.97 Å². The number of aromatic hydroxyl groups is 1. The van der Waals surface area contributed by atoms with Gasteiger partial charge in [0.25, 0.3) is 0 Å². The van der Waals surface area contributed by atoms with Crippen LogP contribution < -0.4 is 10.2 Å². The third-order valence-corrected chi connectivity index (χ3v) is 5.77. The summed E-state index contributed by atoms with van der Waals surface area (Å²) >= 11 is 5.76. The highest BCUT2D eigenvalue weighted by molar-refractivity contribution is 7.80. The molecule has 4 heterocycles. The predicted octanol–water partition coefficient (Wildman–Crippen LogP) is 4.21. The lowest BCUT2D eigenvalue weighted by atomic mass is 10.0. The summed E-state index contributed by atoms with van der Waals surface area (Å²) in [6, 6.07) is 22.9. The summed E-state index contributed by atoms with van der Waals surface area (Å²) in [5.74, 6) is 0.221. The molecule has 31 heavy (non-hydrogen) atoms. The van der Waals surface area contributed by atoms with Crippen LogP contribution in [0, 0.1) is 0 Å². The average molecular weight is 428 g/mol. The highest BCUT2D eigenvalue weighted by Crippen LogP contribution is 2.41. The fourth-order valence-corrected chi connectivity index (χ4v) is 4.40. The molecule has 0 spiro atoms. The topological polar surface area (TPSA) is 66.2 Å². The van der Waals surface area contributed by atoms with Gasteiger partial charge in [-0.05, 0) is 72.9 Å². The van der Waals surface area contributed by atoms with Gasteiger partial charge in [0.1, 0.15) is 11.8 Å². The molecule has 0 amide bonds. The Morgan fingerprint density at radius 3 is 2.39 bits per heavy atom. The molecule has 2 atom stereocenters. The first-order valence-electron chi connectivity index (χ1n) is 10.1. The van der Waals surface area contributed by atoms with E-state index >= 15 is 0 Å². The van der Waals surface area contributed by atoms with Crippen LogP contribution in [0.15, 0.2) is 91.4 Å².